The third-order valence-corrected chi connectivity index (χ3v) is 3.63. The molecule has 0 radical (unpaired) electrons. The lowest BCUT2D eigenvalue weighted by molar-refractivity contribution is -0.123. The van der Waals surface area contributed by atoms with E-state index in [1.54, 1.807) is 25.1 Å². The van der Waals surface area contributed by atoms with Crippen molar-refractivity contribution in [1.29, 1.82) is 0 Å². The maximum absolute atomic E-state index is 11.3. The van der Waals surface area contributed by atoms with Gasteiger partial charge in [0.05, 0.1) is 0 Å². The van der Waals surface area contributed by atoms with Gasteiger partial charge in [-0.15, -0.1) is 0 Å². The van der Waals surface area contributed by atoms with Crippen LogP contribution in [0.5, 0.6) is 0 Å². The molecule has 1 amide bonds. The van der Waals surface area contributed by atoms with Crippen molar-refractivity contribution in [3.8, 4) is 0 Å². The molecule has 0 N–H and O–H groups in total. The molecule has 2 heteroatoms. The van der Waals surface area contributed by atoms with Crippen molar-refractivity contribution in [2.75, 3.05) is 14.1 Å². The lowest BCUT2D eigenvalue weighted by atomic mass is 10.0. The summed E-state index contributed by atoms with van der Waals surface area (Å²) in [6.45, 7) is 0. The van der Waals surface area contributed by atoms with E-state index in [1.807, 2.05) is 6.08 Å². The molecule has 0 atom stereocenters. The van der Waals surface area contributed by atoms with Gasteiger partial charge in [0.2, 0.25) is 5.91 Å². The molecule has 1 rings (SSSR count). The van der Waals surface area contributed by atoms with Gasteiger partial charge in [-0.1, -0.05) is 62.1 Å². The molecular weight excluding hydrogens is 258 g/mol. The average Bonchev–Trinajstić information content (AvgIpc) is 2.49. The molecule has 0 heterocycles. The molecule has 0 aliphatic rings. The lowest BCUT2D eigenvalue weighted by Gasteiger charge is -2.05. The Morgan fingerprint density at radius 2 is 1.57 bits per heavy atom. The summed E-state index contributed by atoms with van der Waals surface area (Å²) >= 11 is 0. The number of carbonyl (C=O) groups is 1. The highest BCUT2D eigenvalue weighted by molar-refractivity contribution is 5.86. The summed E-state index contributed by atoms with van der Waals surface area (Å²) in [6, 6.07) is 10.7. The van der Waals surface area contributed by atoms with Crippen LogP contribution in [0, 0.1) is 0 Å². The monoisotopic (exact) mass is 287 g/mol. The number of likely N-dealkylation sites (N-methyl/N-ethyl adjacent to an activating group) is 1. The second-order valence-electron chi connectivity index (χ2n) is 5.78. The highest BCUT2D eigenvalue weighted by Gasteiger charge is 1.96. The normalized spacial score (nSPS) is 11.0. The number of nitrogens with zero attached hydrogens (tertiary/aromatic N) is 1. The molecule has 1 aromatic rings. The first-order valence-electron chi connectivity index (χ1n) is 8.12. The fraction of sp³-hybridized carbons (Fsp3) is 0.526. The summed E-state index contributed by atoms with van der Waals surface area (Å²) in [7, 11) is 3.56. The SMILES string of the molecule is CN(C)C(=O)C=CCCCCCCCCc1ccccc1. The van der Waals surface area contributed by atoms with Gasteiger partial charge < -0.3 is 4.90 Å². The van der Waals surface area contributed by atoms with Gasteiger partial charge in [-0.3, -0.25) is 4.79 Å². The van der Waals surface area contributed by atoms with E-state index >= 15 is 0 Å². The Bertz CT molecular complexity index is 409. The predicted molar refractivity (Wildman–Crippen MR) is 90.3 cm³/mol. The van der Waals surface area contributed by atoms with Crippen LogP contribution in [0.3, 0.4) is 0 Å². The molecule has 1 aromatic carbocycles. The molecule has 0 saturated heterocycles. The first-order chi connectivity index (χ1) is 10.2. The van der Waals surface area contributed by atoms with Gasteiger partial charge >= 0.3 is 0 Å². The minimum atomic E-state index is 0.0795. The molecule has 0 aromatic heterocycles. The number of hydrogen-bond acceptors (Lipinski definition) is 1. The van der Waals surface area contributed by atoms with E-state index in [4.69, 9.17) is 0 Å². The quantitative estimate of drug-likeness (QED) is 0.455. The van der Waals surface area contributed by atoms with Crippen molar-refractivity contribution >= 4 is 5.91 Å². The number of allylic oxidation sites excluding steroid dienone is 1. The number of rotatable bonds is 10. The number of unbranched alkanes of at least 4 members (excludes halogenated alkanes) is 6. The maximum Gasteiger partial charge on any atom is 0.245 e. The number of benzene rings is 1. The second kappa shape index (κ2) is 11.1. The van der Waals surface area contributed by atoms with Gasteiger partial charge in [0.15, 0.2) is 0 Å². The molecule has 0 aliphatic heterocycles. The first kappa shape index (κ1) is 17.5. The van der Waals surface area contributed by atoms with Crippen LogP contribution in [0.2, 0.25) is 0 Å². The highest BCUT2D eigenvalue weighted by Crippen LogP contribution is 2.10. The maximum atomic E-state index is 11.3. The van der Waals surface area contributed by atoms with E-state index in [1.165, 1.54) is 50.5 Å². The minimum absolute atomic E-state index is 0.0795. The summed E-state index contributed by atoms with van der Waals surface area (Å²) in [5, 5.41) is 0. The van der Waals surface area contributed by atoms with Gasteiger partial charge in [-0.25, -0.2) is 0 Å². The molecule has 21 heavy (non-hydrogen) atoms. The highest BCUT2D eigenvalue weighted by atomic mass is 16.2. The van der Waals surface area contributed by atoms with Crippen LogP contribution in [0.1, 0.15) is 50.5 Å². The largest absolute Gasteiger partial charge is 0.345 e. The van der Waals surface area contributed by atoms with E-state index in [2.05, 4.69) is 30.3 Å². The summed E-state index contributed by atoms with van der Waals surface area (Å²) in [6.07, 6.45) is 13.6. The molecule has 0 aliphatic carbocycles. The Morgan fingerprint density at radius 3 is 2.24 bits per heavy atom. The Morgan fingerprint density at radius 1 is 0.952 bits per heavy atom. The number of hydrogen-bond donors (Lipinski definition) is 0. The molecule has 0 spiro atoms. The van der Waals surface area contributed by atoms with E-state index in [-0.39, 0.29) is 5.91 Å². The molecule has 0 bridgehead atoms. The number of carbonyl (C=O) groups excluding carboxylic acids is 1. The van der Waals surface area contributed by atoms with Gasteiger partial charge in [0.25, 0.3) is 0 Å². The molecule has 0 fully saturated rings. The van der Waals surface area contributed by atoms with E-state index in [0.29, 0.717) is 0 Å². The third kappa shape index (κ3) is 9.06. The van der Waals surface area contributed by atoms with Crippen LogP contribution >= 0.6 is 0 Å². The van der Waals surface area contributed by atoms with Crippen molar-refractivity contribution in [2.24, 2.45) is 0 Å². The van der Waals surface area contributed by atoms with Gasteiger partial charge in [0.1, 0.15) is 0 Å². The Balaban J connectivity index is 1.90. The Hall–Kier alpha value is -1.57. The zero-order valence-electron chi connectivity index (χ0n) is 13.6. The summed E-state index contributed by atoms with van der Waals surface area (Å²) in [5.41, 5.74) is 1.45. The second-order valence-corrected chi connectivity index (χ2v) is 5.78. The molecule has 2 nitrogen and oxygen atoms in total. The fourth-order valence-electron chi connectivity index (χ4n) is 2.28. The zero-order chi connectivity index (χ0) is 15.3. The third-order valence-electron chi connectivity index (χ3n) is 3.63. The lowest BCUT2D eigenvalue weighted by Crippen LogP contribution is -2.18. The molecular formula is C19H29NO. The van der Waals surface area contributed by atoms with Gasteiger partial charge in [0, 0.05) is 14.1 Å². The predicted octanol–water partition coefficient (Wildman–Crippen LogP) is 4.60. The van der Waals surface area contributed by atoms with Crippen molar-refractivity contribution in [2.45, 2.75) is 51.4 Å². The van der Waals surface area contributed by atoms with Crippen LogP contribution < -0.4 is 0 Å². The minimum Gasteiger partial charge on any atom is -0.345 e. The summed E-state index contributed by atoms with van der Waals surface area (Å²) < 4.78 is 0. The van der Waals surface area contributed by atoms with Crippen LogP contribution in [0.25, 0.3) is 0 Å². The Kier molecular flexibility index (Phi) is 9.26. The number of amides is 1. The summed E-state index contributed by atoms with van der Waals surface area (Å²) in [4.78, 5) is 12.9. The standard InChI is InChI=1S/C19H29NO/c1-20(2)19(21)17-13-8-6-4-3-5-7-10-14-18-15-11-9-12-16-18/h9,11-13,15-17H,3-8,10,14H2,1-2H3. The van der Waals surface area contributed by atoms with Crippen molar-refractivity contribution in [1.82, 2.24) is 4.90 Å². The van der Waals surface area contributed by atoms with E-state index < -0.39 is 0 Å². The van der Waals surface area contributed by atoms with Crippen LogP contribution in [0.4, 0.5) is 0 Å². The van der Waals surface area contributed by atoms with Crippen LogP contribution in [0.15, 0.2) is 42.5 Å². The Labute approximate surface area is 129 Å². The van der Waals surface area contributed by atoms with Crippen molar-refractivity contribution in [3.63, 3.8) is 0 Å². The molecule has 0 unspecified atom stereocenters. The molecule has 116 valence electrons. The zero-order valence-corrected chi connectivity index (χ0v) is 13.6. The molecule has 0 saturated carbocycles. The first-order valence-corrected chi connectivity index (χ1v) is 8.12. The van der Waals surface area contributed by atoms with Crippen molar-refractivity contribution in [3.05, 3.63) is 48.0 Å². The fourth-order valence-corrected chi connectivity index (χ4v) is 2.28. The average molecular weight is 287 g/mol. The number of aryl methyl sites for hydroxylation is 1. The van der Waals surface area contributed by atoms with Crippen LogP contribution in [-0.2, 0) is 11.2 Å². The topological polar surface area (TPSA) is 20.3 Å². The van der Waals surface area contributed by atoms with Crippen LogP contribution in [-0.4, -0.2) is 24.9 Å². The van der Waals surface area contributed by atoms with Gasteiger partial charge in [-0.05, 0) is 37.3 Å². The van der Waals surface area contributed by atoms with Gasteiger partial charge in [-0.2, -0.15) is 0 Å². The summed E-state index contributed by atoms with van der Waals surface area (Å²) in [5.74, 6) is 0.0795. The van der Waals surface area contributed by atoms with E-state index in [0.717, 1.165) is 6.42 Å². The smallest absolute Gasteiger partial charge is 0.245 e. The van der Waals surface area contributed by atoms with Crippen molar-refractivity contribution < 1.29 is 4.79 Å². The van der Waals surface area contributed by atoms with E-state index in [9.17, 15) is 4.79 Å².